The summed E-state index contributed by atoms with van der Waals surface area (Å²) in [6.45, 7) is 0. The molecule has 0 fully saturated rings. The topological polar surface area (TPSA) is 125 Å². The van der Waals surface area contributed by atoms with Crippen LogP contribution in [0.5, 0.6) is 0 Å². The third kappa shape index (κ3) is 2.90. The summed E-state index contributed by atoms with van der Waals surface area (Å²) in [6.07, 6.45) is 1.06. The number of nitrogens with one attached hydrogen (secondary N) is 2. The molecule has 0 radical (unpaired) electrons. The first-order chi connectivity index (χ1) is 8.45. The highest BCUT2D eigenvalue weighted by atomic mass is 32.2. The number of rotatable bonds is 3. The molecule has 0 bridgehead atoms. The summed E-state index contributed by atoms with van der Waals surface area (Å²) in [5.41, 5.74) is -0.238. The summed E-state index contributed by atoms with van der Waals surface area (Å²) in [5.74, 6) is 0.113. The molecule has 18 heavy (non-hydrogen) atoms. The van der Waals surface area contributed by atoms with E-state index in [-0.39, 0.29) is 10.8 Å². The van der Waals surface area contributed by atoms with Crippen molar-refractivity contribution in [2.75, 3.05) is 5.32 Å². The number of aromatic amines is 1. The quantitative estimate of drug-likeness (QED) is 0.677. The van der Waals surface area contributed by atoms with Gasteiger partial charge < -0.3 is 5.32 Å². The second-order valence-electron chi connectivity index (χ2n) is 3.28. The van der Waals surface area contributed by atoms with Crippen LogP contribution < -0.4 is 11.0 Å². The summed E-state index contributed by atoms with van der Waals surface area (Å²) < 4.78 is 30.8. The van der Waals surface area contributed by atoms with Gasteiger partial charge in [-0.2, -0.15) is 13.4 Å². The van der Waals surface area contributed by atoms with Gasteiger partial charge >= 0.3 is 5.69 Å². The van der Waals surface area contributed by atoms with Crippen molar-refractivity contribution in [1.82, 2.24) is 15.0 Å². The molecule has 1 aromatic heterocycles. The number of anilines is 2. The highest BCUT2D eigenvalue weighted by Gasteiger charge is 2.09. The molecule has 0 spiro atoms. The number of hydrogen-bond donors (Lipinski definition) is 3. The highest BCUT2D eigenvalue weighted by Crippen LogP contribution is 2.17. The summed E-state index contributed by atoms with van der Waals surface area (Å²) in [4.78, 5) is 20.1. The first-order valence-electron chi connectivity index (χ1n) is 4.71. The van der Waals surface area contributed by atoms with Crippen LogP contribution in [0.4, 0.5) is 11.6 Å². The van der Waals surface area contributed by atoms with Gasteiger partial charge in [0.05, 0.1) is 4.90 Å². The third-order valence-electron chi connectivity index (χ3n) is 1.98. The van der Waals surface area contributed by atoms with Crippen molar-refractivity contribution in [3.05, 3.63) is 41.1 Å². The zero-order valence-electron chi connectivity index (χ0n) is 8.86. The fraction of sp³-hybridized carbons (Fsp3) is 0. The predicted molar refractivity (Wildman–Crippen MR) is 62.2 cm³/mol. The summed E-state index contributed by atoms with van der Waals surface area (Å²) in [6, 6.07) is 5.43. The van der Waals surface area contributed by atoms with Crippen LogP contribution in [0, 0.1) is 0 Å². The Bertz CT molecular complexity index is 725. The van der Waals surface area contributed by atoms with Gasteiger partial charge in [-0.05, 0) is 18.2 Å². The van der Waals surface area contributed by atoms with E-state index in [0.717, 1.165) is 6.33 Å². The molecule has 0 aliphatic rings. The van der Waals surface area contributed by atoms with E-state index < -0.39 is 15.8 Å². The van der Waals surface area contributed by atoms with Gasteiger partial charge in [0, 0.05) is 5.69 Å². The Balaban J connectivity index is 2.33. The molecule has 9 heteroatoms. The monoisotopic (exact) mass is 268 g/mol. The first kappa shape index (κ1) is 12.2. The maximum absolute atomic E-state index is 10.9. The summed E-state index contributed by atoms with van der Waals surface area (Å²) in [5, 5.41) is 2.68. The van der Waals surface area contributed by atoms with Crippen LogP contribution >= 0.6 is 0 Å². The summed E-state index contributed by atoms with van der Waals surface area (Å²) >= 11 is 0. The van der Waals surface area contributed by atoms with Crippen molar-refractivity contribution in [2.45, 2.75) is 4.90 Å². The Morgan fingerprint density at radius 3 is 2.72 bits per heavy atom. The maximum atomic E-state index is 10.9. The van der Waals surface area contributed by atoms with Crippen LogP contribution in [0.1, 0.15) is 0 Å². The van der Waals surface area contributed by atoms with E-state index in [1.54, 1.807) is 6.07 Å². The molecule has 2 aromatic rings. The largest absolute Gasteiger partial charge is 0.349 e. The average molecular weight is 268 g/mol. The van der Waals surface area contributed by atoms with E-state index in [4.69, 9.17) is 4.55 Å². The van der Waals surface area contributed by atoms with Gasteiger partial charge in [-0.25, -0.2) is 9.78 Å². The lowest BCUT2D eigenvalue weighted by Gasteiger charge is -2.05. The molecule has 0 unspecified atom stereocenters. The van der Waals surface area contributed by atoms with Gasteiger partial charge in [-0.15, -0.1) is 0 Å². The SMILES string of the molecule is O=c1ncnc(Nc2cccc(S(=O)(=O)O)c2)[nH]1. The minimum Gasteiger partial charge on any atom is -0.326 e. The number of nitrogens with zero attached hydrogens (tertiary/aromatic N) is 2. The lowest BCUT2D eigenvalue weighted by molar-refractivity contribution is 0.483. The fourth-order valence-electron chi connectivity index (χ4n) is 1.24. The lowest BCUT2D eigenvalue weighted by atomic mass is 10.3. The van der Waals surface area contributed by atoms with Crippen molar-refractivity contribution in [3.63, 3.8) is 0 Å². The van der Waals surface area contributed by atoms with Crippen LogP contribution in [0.3, 0.4) is 0 Å². The first-order valence-corrected chi connectivity index (χ1v) is 6.15. The Morgan fingerprint density at radius 2 is 2.06 bits per heavy atom. The second-order valence-corrected chi connectivity index (χ2v) is 4.70. The Hall–Kier alpha value is -2.26. The molecule has 0 atom stereocenters. The standard InChI is InChI=1S/C9H8N4O4S/c14-9-11-5-10-8(13-9)12-6-2-1-3-7(4-6)18(15,16)17/h1-5H,(H,15,16,17)(H2,10,11,12,13,14). The highest BCUT2D eigenvalue weighted by molar-refractivity contribution is 7.85. The Morgan fingerprint density at radius 1 is 1.28 bits per heavy atom. The predicted octanol–water partition coefficient (Wildman–Crippen LogP) is 0.155. The van der Waals surface area contributed by atoms with E-state index in [1.165, 1.54) is 18.2 Å². The van der Waals surface area contributed by atoms with Crippen LogP contribution in [0.2, 0.25) is 0 Å². The van der Waals surface area contributed by atoms with Crippen LogP contribution in [0.25, 0.3) is 0 Å². The minimum absolute atomic E-state index is 0.113. The molecule has 8 nitrogen and oxygen atoms in total. The fourth-order valence-corrected chi connectivity index (χ4v) is 1.77. The molecule has 1 heterocycles. The number of hydrogen-bond acceptors (Lipinski definition) is 6. The van der Waals surface area contributed by atoms with Gasteiger partial charge in [-0.3, -0.25) is 9.54 Å². The van der Waals surface area contributed by atoms with Crippen LogP contribution in [0.15, 0.2) is 40.3 Å². The Kier molecular flexibility index (Phi) is 3.08. The molecule has 2 rings (SSSR count). The third-order valence-corrected chi connectivity index (χ3v) is 2.83. The van der Waals surface area contributed by atoms with Gasteiger partial charge in [0.25, 0.3) is 10.1 Å². The second kappa shape index (κ2) is 4.55. The lowest BCUT2D eigenvalue weighted by Crippen LogP contribution is -2.12. The zero-order chi connectivity index (χ0) is 13.2. The molecule has 0 aliphatic carbocycles. The van der Waals surface area contributed by atoms with E-state index >= 15 is 0 Å². The maximum Gasteiger partial charge on any atom is 0.349 e. The molecule has 0 amide bonds. The van der Waals surface area contributed by atoms with Crippen LogP contribution in [-0.2, 0) is 10.1 Å². The van der Waals surface area contributed by atoms with E-state index in [0.29, 0.717) is 5.69 Å². The normalized spacial score (nSPS) is 11.2. The number of aromatic nitrogens is 3. The average Bonchev–Trinajstić information content (AvgIpc) is 2.28. The van der Waals surface area contributed by atoms with Crippen molar-refractivity contribution in [1.29, 1.82) is 0 Å². The van der Waals surface area contributed by atoms with E-state index in [2.05, 4.69) is 20.3 Å². The van der Waals surface area contributed by atoms with Gasteiger partial charge in [0.2, 0.25) is 5.95 Å². The zero-order valence-corrected chi connectivity index (χ0v) is 9.68. The molecular formula is C9H8N4O4S. The minimum atomic E-state index is -4.27. The Labute approximate surface area is 101 Å². The smallest absolute Gasteiger partial charge is 0.326 e. The molecule has 0 aliphatic heterocycles. The van der Waals surface area contributed by atoms with Crippen molar-refractivity contribution < 1.29 is 13.0 Å². The van der Waals surface area contributed by atoms with E-state index in [1.807, 2.05) is 0 Å². The van der Waals surface area contributed by atoms with Crippen molar-refractivity contribution in [2.24, 2.45) is 0 Å². The molecule has 0 saturated heterocycles. The molecule has 0 saturated carbocycles. The molecule has 94 valence electrons. The van der Waals surface area contributed by atoms with Gasteiger partial charge in [0.1, 0.15) is 6.33 Å². The van der Waals surface area contributed by atoms with Gasteiger partial charge in [0.15, 0.2) is 0 Å². The van der Waals surface area contributed by atoms with Crippen molar-refractivity contribution in [3.8, 4) is 0 Å². The molecule has 3 N–H and O–H groups in total. The van der Waals surface area contributed by atoms with Crippen LogP contribution in [-0.4, -0.2) is 27.9 Å². The summed E-state index contributed by atoms with van der Waals surface area (Å²) in [7, 11) is -4.27. The van der Waals surface area contributed by atoms with Crippen molar-refractivity contribution >= 4 is 21.8 Å². The van der Waals surface area contributed by atoms with E-state index in [9.17, 15) is 13.2 Å². The molecule has 1 aromatic carbocycles. The number of benzene rings is 1. The number of H-pyrrole nitrogens is 1. The molecular weight excluding hydrogens is 260 g/mol. The van der Waals surface area contributed by atoms with Gasteiger partial charge in [-0.1, -0.05) is 6.07 Å².